The van der Waals surface area contributed by atoms with Crippen LogP contribution < -0.4 is 4.90 Å². The summed E-state index contributed by atoms with van der Waals surface area (Å²) in [5.41, 5.74) is 3.83. The van der Waals surface area contributed by atoms with E-state index in [1.165, 1.54) is 0 Å². The summed E-state index contributed by atoms with van der Waals surface area (Å²) in [6.45, 7) is 8.18. The van der Waals surface area contributed by atoms with Crippen molar-refractivity contribution in [2.75, 3.05) is 24.5 Å². The van der Waals surface area contributed by atoms with Gasteiger partial charge in [-0.2, -0.15) is 0 Å². The number of rotatable bonds is 6. The van der Waals surface area contributed by atoms with Crippen molar-refractivity contribution in [2.45, 2.75) is 39.7 Å². The van der Waals surface area contributed by atoms with Gasteiger partial charge >= 0.3 is 0 Å². The summed E-state index contributed by atoms with van der Waals surface area (Å²) in [6.07, 6.45) is 0.400. The molecule has 1 aliphatic rings. The Hall–Kier alpha value is -3.15. The number of carbonyl (C=O) groups is 2. The van der Waals surface area contributed by atoms with E-state index in [4.69, 9.17) is 4.98 Å². The average molecular weight is 405 g/mol. The van der Waals surface area contributed by atoms with E-state index < -0.39 is 0 Å². The maximum Gasteiger partial charge on any atom is 0.242 e. The molecule has 2 amide bonds. The van der Waals surface area contributed by atoms with E-state index in [2.05, 4.69) is 0 Å². The van der Waals surface area contributed by atoms with Gasteiger partial charge in [0, 0.05) is 37.7 Å². The lowest BCUT2D eigenvalue weighted by atomic mass is 10.1. The Morgan fingerprint density at radius 3 is 2.53 bits per heavy atom. The first-order valence-corrected chi connectivity index (χ1v) is 10.6. The monoisotopic (exact) mass is 404 g/mol. The van der Waals surface area contributed by atoms with Crippen molar-refractivity contribution >= 4 is 28.5 Å². The first kappa shape index (κ1) is 20.1. The highest BCUT2D eigenvalue weighted by atomic mass is 16.2. The van der Waals surface area contributed by atoms with Crippen LogP contribution in [0.1, 0.15) is 37.6 Å². The van der Waals surface area contributed by atoms with Crippen LogP contribution in [0.2, 0.25) is 0 Å². The number of likely N-dealkylation sites (N-methyl/N-ethyl adjacent to an activating group) is 1. The molecule has 4 rings (SSSR count). The van der Waals surface area contributed by atoms with E-state index in [1.54, 1.807) is 0 Å². The smallest absolute Gasteiger partial charge is 0.242 e. The van der Waals surface area contributed by atoms with Gasteiger partial charge in [-0.3, -0.25) is 9.59 Å². The van der Waals surface area contributed by atoms with E-state index in [-0.39, 0.29) is 24.3 Å². The lowest BCUT2D eigenvalue weighted by molar-refractivity contribution is -0.131. The van der Waals surface area contributed by atoms with Gasteiger partial charge in [-0.15, -0.1) is 0 Å². The number of carbonyl (C=O) groups excluding carboxylic acids is 2. The Balaban J connectivity index is 1.70. The van der Waals surface area contributed by atoms with Crippen molar-refractivity contribution in [3.63, 3.8) is 0 Å². The SMILES string of the molecule is CCN(CC)C(=O)Cn1c([C@H]2CC(=O)N(c3ccccc3C)C2)nc2ccccc21. The molecule has 1 atom stereocenters. The van der Waals surface area contributed by atoms with E-state index in [1.807, 2.05) is 83.7 Å². The summed E-state index contributed by atoms with van der Waals surface area (Å²) in [7, 11) is 0. The summed E-state index contributed by atoms with van der Waals surface area (Å²) in [5.74, 6) is 0.947. The summed E-state index contributed by atoms with van der Waals surface area (Å²) in [4.78, 5) is 34.3. The Morgan fingerprint density at radius 2 is 1.80 bits per heavy atom. The molecule has 6 nitrogen and oxygen atoms in total. The quantitative estimate of drug-likeness (QED) is 0.629. The topological polar surface area (TPSA) is 58.4 Å². The number of imidazole rings is 1. The molecule has 1 saturated heterocycles. The molecule has 0 saturated carbocycles. The molecule has 0 radical (unpaired) electrons. The third-order valence-corrected chi connectivity index (χ3v) is 5.99. The Labute approximate surface area is 177 Å². The van der Waals surface area contributed by atoms with Crippen LogP contribution in [-0.2, 0) is 16.1 Å². The maximum absolute atomic E-state index is 12.9. The molecule has 0 spiro atoms. The van der Waals surface area contributed by atoms with Crippen LogP contribution in [0.15, 0.2) is 48.5 Å². The van der Waals surface area contributed by atoms with Gasteiger partial charge in [-0.05, 0) is 44.5 Å². The molecule has 2 aromatic carbocycles. The normalized spacial score (nSPS) is 16.4. The van der Waals surface area contributed by atoms with E-state index in [9.17, 15) is 9.59 Å². The molecule has 2 heterocycles. The molecule has 1 fully saturated rings. The summed E-state index contributed by atoms with van der Waals surface area (Å²) in [6, 6.07) is 15.8. The zero-order valence-corrected chi connectivity index (χ0v) is 17.8. The minimum absolute atomic E-state index is 0.0472. The van der Waals surface area contributed by atoms with Crippen LogP contribution in [-0.4, -0.2) is 45.9 Å². The van der Waals surface area contributed by atoms with Gasteiger partial charge in [0.1, 0.15) is 12.4 Å². The number of hydrogen-bond acceptors (Lipinski definition) is 3. The van der Waals surface area contributed by atoms with Crippen LogP contribution in [0.25, 0.3) is 11.0 Å². The highest BCUT2D eigenvalue weighted by molar-refractivity contribution is 5.97. The Bertz CT molecular complexity index is 1080. The molecular weight excluding hydrogens is 376 g/mol. The summed E-state index contributed by atoms with van der Waals surface area (Å²) >= 11 is 0. The van der Waals surface area contributed by atoms with Crippen molar-refractivity contribution in [1.82, 2.24) is 14.5 Å². The second-order valence-corrected chi connectivity index (χ2v) is 7.80. The molecular formula is C24H28N4O2. The fourth-order valence-corrected chi connectivity index (χ4v) is 4.36. The molecule has 1 aliphatic heterocycles. The zero-order chi connectivity index (χ0) is 21.3. The minimum Gasteiger partial charge on any atom is -0.342 e. The highest BCUT2D eigenvalue weighted by Crippen LogP contribution is 2.34. The first-order valence-electron chi connectivity index (χ1n) is 10.6. The van der Waals surface area contributed by atoms with Gasteiger partial charge in [-0.25, -0.2) is 4.98 Å². The fraction of sp³-hybridized carbons (Fsp3) is 0.375. The van der Waals surface area contributed by atoms with Crippen molar-refractivity contribution < 1.29 is 9.59 Å². The molecule has 6 heteroatoms. The molecule has 0 N–H and O–H groups in total. The second kappa shape index (κ2) is 8.30. The minimum atomic E-state index is -0.0472. The average Bonchev–Trinajstić information content (AvgIpc) is 3.30. The highest BCUT2D eigenvalue weighted by Gasteiger charge is 2.35. The third-order valence-electron chi connectivity index (χ3n) is 5.99. The lowest BCUT2D eigenvalue weighted by Gasteiger charge is -2.21. The number of amides is 2. The number of para-hydroxylation sites is 3. The number of nitrogens with zero attached hydrogens (tertiary/aromatic N) is 4. The van der Waals surface area contributed by atoms with Crippen LogP contribution in [0, 0.1) is 6.92 Å². The number of hydrogen-bond donors (Lipinski definition) is 0. The summed E-state index contributed by atoms with van der Waals surface area (Å²) < 4.78 is 2.01. The number of fused-ring (bicyclic) bond motifs is 1. The van der Waals surface area contributed by atoms with Crippen LogP contribution in [0.5, 0.6) is 0 Å². The zero-order valence-electron chi connectivity index (χ0n) is 17.8. The molecule has 3 aromatic rings. The lowest BCUT2D eigenvalue weighted by Crippen LogP contribution is -2.34. The first-order chi connectivity index (χ1) is 14.5. The standard InChI is InChI=1S/C24H28N4O2/c1-4-26(5-2)23(30)16-28-21-13-9-7-11-19(21)25-24(28)18-14-22(29)27(15-18)20-12-8-6-10-17(20)3/h6-13,18H,4-5,14-16H2,1-3H3/t18-/m0/s1. The van der Waals surface area contributed by atoms with Gasteiger partial charge in [0.15, 0.2) is 0 Å². The fourth-order valence-electron chi connectivity index (χ4n) is 4.36. The summed E-state index contributed by atoms with van der Waals surface area (Å²) in [5, 5.41) is 0. The predicted octanol–water partition coefficient (Wildman–Crippen LogP) is 3.73. The third kappa shape index (κ3) is 3.58. The molecule has 1 aromatic heterocycles. The van der Waals surface area contributed by atoms with E-state index >= 15 is 0 Å². The van der Waals surface area contributed by atoms with Gasteiger partial charge in [0.2, 0.25) is 11.8 Å². The van der Waals surface area contributed by atoms with Crippen LogP contribution >= 0.6 is 0 Å². The van der Waals surface area contributed by atoms with Crippen molar-refractivity contribution in [3.05, 3.63) is 59.9 Å². The van der Waals surface area contributed by atoms with E-state index in [0.717, 1.165) is 28.1 Å². The second-order valence-electron chi connectivity index (χ2n) is 7.80. The number of aryl methyl sites for hydroxylation is 1. The van der Waals surface area contributed by atoms with Gasteiger partial charge < -0.3 is 14.4 Å². The van der Waals surface area contributed by atoms with Crippen molar-refractivity contribution in [2.24, 2.45) is 0 Å². The van der Waals surface area contributed by atoms with Gasteiger partial charge in [-0.1, -0.05) is 30.3 Å². The molecule has 156 valence electrons. The number of benzene rings is 2. The number of anilines is 1. The van der Waals surface area contributed by atoms with Crippen LogP contribution in [0.3, 0.4) is 0 Å². The van der Waals surface area contributed by atoms with E-state index in [0.29, 0.717) is 26.1 Å². The van der Waals surface area contributed by atoms with Crippen LogP contribution in [0.4, 0.5) is 5.69 Å². The van der Waals surface area contributed by atoms with Crippen molar-refractivity contribution in [3.8, 4) is 0 Å². The number of aromatic nitrogens is 2. The largest absolute Gasteiger partial charge is 0.342 e. The molecule has 0 unspecified atom stereocenters. The Morgan fingerprint density at radius 1 is 1.10 bits per heavy atom. The molecule has 30 heavy (non-hydrogen) atoms. The van der Waals surface area contributed by atoms with Crippen molar-refractivity contribution in [1.29, 1.82) is 0 Å². The van der Waals surface area contributed by atoms with Gasteiger partial charge in [0.05, 0.1) is 11.0 Å². The molecule has 0 bridgehead atoms. The predicted molar refractivity (Wildman–Crippen MR) is 119 cm³/mol. The maximum atomic E-state index is 12.9. The molecule has 0 aliphatic carbocycles. The Kier molecular flexibility index (Phi) is 5.57. The van der Waals surface area contributed by atoms with Gasteiger partial charge in [0.25, 0.3) is 0 Å².